The minimum absolute atomic E-state index is 0.260. The Morgan fingerprint density at radius 1 is 1.13 bits per heavy atom. The Bertz CT molecular complexity index is 829. The summed E-state index contributed by atoms with van der Waals surface area (Å²) in [5.74, 6) is 0. The highest BCUT2D eigenvalue weighted by molar-refractivity contribution is 7.89. The highest BCUT2D eigenvalue weighted by Gasteiger charge is 2.33. The first kappa shape index (κ1) is 14.7. The Hall–Kier alpha value is -1.91. The Balaban J connectivity index is 1.89. The van der Waals surface area contributed by atoms with Crippen LogP contribution in [0.4, 0.5) is 0 Å². The van der Waals surface area contributed by atoms with Crippen LogP contribution in [0.5, 0.6) is 0 Å². The smallest absolute Gasteiger partial charge is 0.207 e. The molecule has 1 heterocycles. The van der Waals surface area contributed by atoms with Crippen LogP contribution in [0.25, 0.3) is 6.05 Å². The minimum atomic E-state index is -3.53. The molecule has 1 fully saturated rings. The third-order valence-corrected chi connectivity index (χ3v) is 6.03. The summed E-state index contributed by atoms with van der Waals surface area (Å²) >= 11 is 0. The molecule has 120 valence electrons. The van der Waals surface area contributed by atoms with E-state index in [4.69, 9.17) is 1.37 Å². The number of sulfonamides is 1. The van der Waals surface area contributed by atoms with Crippen LogP contribution < -0.4 is 0 Å². The second kappa shape index (κ2) is 6.69. The standard InChI is InChI=1S/C19H21NO2S/c1-16-9-13-19(14-10-16)23(21,22)20-15-5-8-18(20)12-11-17-6-3-2-4-7-17/h2-4,6-7,9-14,18H,5,8,15H2,1H3/b12-11+/t18-/m0/s1/i11D. The lowest BCUT2D eigenvalue weighted by molar-refractivity contribution is 0.433. The van der Waals surface area contributed by atoms with Gasteiger partial charge in [-0.2, -0.15) is 4.31 Å². The zero-order valence-electron chi connectivity index (χ0n) is 14.1. The van der Waals surface area contributed by atoms with E-state index in [1.165, 1.54) is 4.31 Å². The average molecular weight is 328 g/mol. The molecule has 0 amide bonds. The van der Waals surface area contributed by atoms with Crippen LogP contribution in [0.15, 0.2) is 65.6 Å². The summed E-state index contributed by atoms with van der Waals surface area (Å²) in [5.41, 5.74) is 1.83. The number of nitrogens with zero attached hydrogens (tertiary/aromatic N) is 1. The molecule has 0 aromatic heterocycles. The van der Waals surface area contributed by atoms with Gasteiger partial charge in [-0.05, 0) is 37.5 Å². The summed E-state index contributed by atoms with van der Waals surface area (Å²) in [6.07, 6.45) is 3.32. The van der Waals surface area contributed by atoms with Crippen molar-refractivity contribution >= 4 is 16.1 Å². The van der Waals surface area contributed by atoms with Gasteiger partial charge in [-0.1, -0.05) is 60.2 Å². The lowest BCUT2D eigenvalue weighted by Gasteiger charge is -2.21. The second-order valence-corrected chi connectivity index (χ2v) is 7.71. The molecule has 3 nitrogen and oxygen atoms in total. The first-order valence-corrected chi connectivity index (χ1v) is 9.25. The maximum absolute atomic E-state index is 12.9. The van der Waals surface area contributed by atoms with Crippen LogP contribution >= 0.6 is 0 Å². The lowest BCUT2D eigenvalue weighted by atomic mass is 10.1. The molecule has 0 radical (unpaired) electrons. The van der Waals surface area contributed by atoms with Crippen molar-refractivity contribution in [3.63, 3.8) is 0 Å². The molecule has 3 rings (SSSR count). The average Bonchev–Trinajstić information content (AvgIpc) is 3.05. The molecule has 2 aromatic rings. The summed E-state index contributed by atoms with van der Waals surface area (Å²) in [4.78, 5) is 0.319. The molecule has 1 aliphatic heterocycles. The van der Waals surface area contributed by atoms with Gasteiger partial charge < -0.3 is 0 Å². The highest BCUT2D eigenvalue weighted by atomic mass is 32.2. The van der Waals surface area contributed by atoms with Gasteiger partial charge in [0.2, 0.25) is 10.0 Å². The monoisotopic (exact) mass is 328 g/mol. The Morgan fingerprint density at radius 2 is 1.83 bits per heavy atom. The third-order valence-electron chi connectivity index (χ3n) is 4.09. The van der Waals surface area contributed by atoms with Gasteiger partial charge in [0.15, 0.2) is 0 Å². The van der Waals surface area contributed by atoms with Gasteiger partial charge in [0.05, 0.1) is 6.27 Å². The second-order valence-electron chi connectivity index (χ2n) is 5.82. The van der Waals surface area contributed by atoms with Crippen LogP contribution in [-0.4, -0.2) is 25.3 Å². The van der Waals surface area contributed by atoms with E-state index in [2.05, 4.69) is 0 Å². The van der Waals surface area contributed by atoms with E-state index in [1.54, 1.807) is 18.2 Å². The largest absolute Gasteiger partial charge is 0.243 e. The van der Waals surface area contributed by atoms with Crippen molar-refractivity contribution in [2.24, 2.45) is 0 Å². The summed E-state index contributed by atoms with van der Waals surface area (Å²) in [6.45, 7) is 2.43. The van der Waals surface area contributed by atoms with Crippen molar-refractivity contribution in [2.75, 3.05) is 6.54 Å². The predicted octanol–water partition coefficient (Wildman–Crippen LogP) is 3.86. The van der Waals surface area contributed by atoms with E-state index in [0.29, 0.717) is 17.5 Å². The van der Waals surface area contributed by atoms with E-state index < -0.39 is 10.0 Å². The van der Waals surface area contributed by atoms with Crippen LogP contribution in [0.1, 0.15) is 25.3 Å². The number of hydrogen-bond donors (Lipinski definition) is 0. The number of benzene rings is 2. The molecular formula is C19H21NO2S. The van der Waals surface area contributed by atoms with E-state index >= 15 is 0 Å². The van der Waals surface area contributed by atoms with Crippen molar-refractivity contribution in [1.82, 2.24) is 4.31 Å². The number of rotatable bonds is 4. The Kier molecular flexibility index (Phi) is 4.26. The SMILES string of the molecule is [2H]/C(=C\[C@@H]1CCCN1S(=O)(=O)c1ccc(C)cc1)c1ccccc1. The van der Waals surface area contributed by atoms with Gasteiger partial charge in [0.25, 0.3) is 0 Å². The number of hydrogen-bond acceptors (Lipinski definition) is 2. The predicted molar refractivity (Wildman–Crippen MR) is 93.6 cm³/mol. The molecule has 0 unspecified atom stereocenters. The molecular weight excluding hydrogens is 306 g/mol. The first-order chi connectivity index (χ1) is 11.5. The fourth-order valence-electron chi connectivity index (χ4n) is 2.80. The van der Waals surface area contributed by atoms with Gasteiger partial charge in [-0.25, -0.2) is 8.42 Å². The zero-order valence-corrected chi connectivity index (χ0v) is 14.0. The Labute approximate surface area is 139 Å². The highest BCUT2D eigenvalue weighted by Crippen LogP contribution is 2.27. The van der Waals surface area contributed by atoms with Gasteiger partial charge in [-0.15, -0.1) is 0 Å². The van der Waals surface area contributed by atoms with E-state index in [0.717, 1.165) is 24.0 Å². The van der Waals surface area contributed by atoms with Crippen molar-refractivity contribution < 1.29 is 9.79 Å². The zero-order chi connectivity index (χ0) is 17.2. The van der Waals surface area contributed by atoms with E-state index in [9.17, 15) is 8.42 Å². The molecule has 0 aliphatic carbocycles. The van der Waals surface area contributed by atoms with Crippen LogP contribution in [0.2, 0.25) is 0 Å². The van der Waals surface area contributed by atoms with Crippen LogP contribution in [0, 0.1) is 6.92 Å². The van der Waals surface area contributed by atoms with Gasteiger partial charge >= 0.3 is 0 Å². The maximum atomic E-state index is 12.9. The molecule has 0 bridgehead atoms. The molecule has 1 aliphatic rings. The summed E-state index contributed by atoms with van der Waals surface area (Å²) < 4.78 is 35.6. The van der Waals surface area contributed by atoms with Crippen molar-refractivity contribution in [1.29, 1.82) is 0 Å². The minimum Gasteiger partial charge on any atom is -0.207 e. The fourth-order valence-corrected chi connectivity index (χ4v) is 4.45. The molecule has 23 heavy (non-hydrogen) atoms. The van der Waals surface area contributed by atoms with Crippen LogP contribution in [0.3, 0.4) is 0 Å². The normalized spacial score (nSPS) is 20.5. The third kappa shape index (κ3) is 3.54. The lowest BCUT2D eigenvalue weighted by Crippen LogP contribution is -2.34. The molecule has 4 heteroatoms. The molecule has 0 N–H and O–H groups in total. The van der Waals surface area contributed by atoms with E-state index in [1.807, 2.05) is 49.4 Å². The summed E-state index contributed by atoms with van der Waals surface area (Å²) in [7, 11) is -3.53. The first-order valence-electron chi connectivity index (χ1n) is 8.31. The molecule has 0 saturated carbocycles. The summed E-state index contributed by atoms with van der Waals surface area (Å²) in [6, 6.07) is 16.4. The quantitative estimate of drug-likeness (QED) is 0.854. The van der Waals surface area contributed by atoms with Gasteiger partial charge in [0, 0.05) is 12.6 Å². The topological polar surface area (TPSA) is 37.4 Å². The van der Waals surface area contributed by atoms with Crippen LogP contribution in [-0.2, 0) is 10.0 Å². The van der Waals surface area contributed by atoms with E-state index in [-0.39, 0.29) is 6.04 Å². The molecule has 1 atom stereocenters. The maximum Gasteiger partial charge on any atom is 0.243 e. The summed E-state index contributed by atoms with van der Waals surface area (Å²) in [5, 5.41) is 0. The molecule has 2 aromatic carbocycles. The van der Waals surface area contributed by atoms with Crippen molar-refractivity contribution in [2.45, 2.75) is 30.7 Å². The Morgan fingerprint density at radius 3 is 2.52 bits per heavy atom. The van der Waals surface area contributed by atoms with Crippen molar-refractivity contribution in [3.05, 3.63) is 71.8 Å². The van der Waals surface area contributed by atoms with Gasteiger partial charge in [-0.3, -0.25) is 0 Å². The number of aryl methyl sites for hydroxylation is 1. The molecule has 1 saturated heterocycles. The fraction of sp³-hybridized carbons (Fsp3) is 0.263. The van der Waals surface area contributed by atoms with Crippen molar-refractivity contribution in [3.8, 4) is 0 Å². The van der Waals surface area contributed by atoms with Gasteiger partial charge in [0.1, 0.15) is 0 Å². The molecule has 0 spiro atoms.